The zero-order chi connectivity index (χ0) is 14.5. The van der Waals surface area contributed by atoms with Gasteiger partial charge in [-0.25, -0.2) is 0 Å². The maximum atomic E-state index is 5.97. The Kier molecular flexibility index (Phi) is 6.51. The first-order valence-corrected chi connectivity index (χ1v) is 7.57. The van der Waals surface area contributed by atoms with E-state index in [-0.39, 0.29) is 24.0 Å². The molecule has 0 amide bonds. The minimum absolute atomic E-state index is 0. The van der Waals surface area contributed by atoms with Crippen molar-refractivity contribution in [1.82, 2.24) is 10.6 Å². The van der Waals surface area contributed by atoms with Crippen molar-refractivity contribution in [2.75, 3.05) is 13.1 Å². The number of guanidine groups is 1. The first kappa shape index (κ1) is 17.1. The molecule has 0 bridgehead atoms. The van der Waals surface area contributed by atoms with Crippen molar-refractivity contribution in [3.8, 4) is 11.1 Å². The summed E-state index contributed by atoms with van der Waals surface area (Å²) in [5.74, 6) is 0.896. The third-order valence-corrected chi connectivity index (χ3v) is 3.77. The van der Waals surface area contributed by atoms with E-state index in [1.807, 2.05) is 12.1 Å². The van der Waals surface area contributed by atoms with Gasteiger partial charge >= 0.3 is 0 Å². The highest BCUT2D eigenvalue weighted by molar-refractivity contribution is 14.0. The van der Waals surface area contributed by atoms with E-state index in [9.17, 15) is 0 Å². The summed E-state index contributed by atoms with van der Waals surface area (Å²) in [4.78, 5) is 4.44. The van der Waals surface area contributed by atoms with E-state index < -0.39 is 0 Å². The lowest BCUT2D eigenvalue weighted by Crippen LogP contribution is -2.40. The third-order valence-electron chi connectivity index (χ3n) is 3.52. The van der Waals surface area contributed by atoms with Gasteiger partial charge in [-0.2, -0.15) is 0 Å². The van der Waals surface area contributed by atoms with Crippen molar-refractivity contribution in [2.24, 2.45) is 4.99 Å². The first-order chi connectivity index (χ1) is 10.3. The van der Waals surface area contributed by atoms with E-state index in [2.05, 4.69) is 52.0 Å². The van der Waals surface area contributed by atoms with Gasteiger partial charge in [0.15, 0.2) is 5.96 Å². The summed E-state index contributed by atoms with van der Waals surface area (Å²) in [5, 5.41) is 7.41. The Bertz CT molecular complexity index is 641. The fourth-order valence-corrected chi connectivity index (χ4v) is 2.54. The number of hydrogen-bond acceptors (Lipinski definition) is 3. The molecule has 0 fully saturated rings. The smallest absolute Gasteiger partial charge is 0.191 e. The summed E-state index contributed by atoms with van der Waals surface area (Å²) in [6, 6.07) is 16.4. The molecule has 0 unspecified atom stereocenters. The van der Waals surface area contributed by atoms with Crippen LogP contribution in [0.1, 0.15) is 12.0 Å². The lowest BCUT2D eigenvalue weighted by molar-refractivity contribution is 0.702. The molecule has 0 radical (unpaired) electrons. The van der Waals surface area contributed by atoms with Gasteiger partial charge in [0.1, 0.15) is 0 Å². The summed E-state index contributed by atoms with van der Waals surface area (Å²) >= 11 is 5.97. The van der Waals surface area contributed by atoms with Crippen LogP contribution < -0.4 is 10.6 Å². The number of nitrogens with one attached hydrogen (secondary N) is 2. The summed E-state index contributed by atoms with van der Waals surface area (Å²) in [7, 11) is 0. The monoisotopic (exact) mass is 427 g/mol. The zero-order valence-corrected chi connectivity index (χ0v) is 15.3. The molecule has 1 aliphatic rings. The predicted octanol–water partition coefficient (Wildman–Crippen LogP) is 4.06. The van der Waals surface area contributed by atoms with Crippen LogP contribution >= 0.6 is 35.6 Å². The lowest BCUT2D eigenvalue weighted by Gasteiger charge is -2.17. The fraction of sp³-hybridized carbons (Fsp3) is 0.235. The number of halogens is 2. The molecule has 1 heterocycles. The van der Waals surface area contributed by atoms with Gasteiger partial charge in [0, 0.05) is 24.7 Å². The molecule has 0 saturated heterocycles. The van der Waals surface area contributed by atoms with Gasteiger partial charge in [0.2, 0.25) is 0 Å². The van der Waals surface area contributed by atoms with Crippen LogP contribution in [0.5, 0.6) is 0 Å². The summed E-state index contributed by atoms with van der Waals surface area (Å²) in [5.41, 5.74) is 3.64. The second-order valence-electron chi connectivity index (χ2n) is 5.03. The summed E-state index contributed by atoms with van der Waals surface area (Å²) in [6.07, 6.45) is 1.10. The Morgan fingerprint density at radius 1 is 1.09 bits per heavy atom. The van der Waals surface area contributed by atoms with Crippen molar-refractivity contribution in [2.45, 2.75) is 13.0 Å². The quantitative estimate of drug-likeness (QED) is 0.725. The van der Waals surface area contributed by atoms with Crippen LogP contribution in [0.3, 0.4) is 0 Å². The van der Waals surface area contributed by atoms with Crippen LogP contribution in [0, 0.1) is 0 Å². The van der Waals surface area contributed by atoms with Crippen LogP contribution in [-0.2, 0) is 6.54 Å². The molecule has 116 valence electrons. The topological polar surface area (TPSA) is 36.4 Å². The van der Waals surface area contributed by atoms with Crippen molar-refractivity contribution in [3.05, 3.63) is 59.1 Å². The van der Waals surface area contributed by atoms with Gasteiger partial charge in [-0.1, -0.05) is 48.0 Å². The number of nitrogens with zero attached hydrogens (tertiary/aromatic N) is 1. The van der Waals surface area contributed by atoms with E-state index >= 15 is 0 Å². The second-order valence-corrected chi connectivity index (χ2v) is 5.46. The zero-order valence-electron chi connectivity index (χ0n) is 12.2. The maximum Gasteiger partial charge on any atom is 0.191 e. The predicted molar refractivity (Wildman–Crippen MR) is 104 cm³/mol. The molecule has 0 aromatic heterocycles. The van der Waals surface area contributed by atoms with Gasteiger partial charge in [-0.3, -0.25) is 4.99 Å². The molecule has 22 heavy (non-hydrogen) atoms. The Morgan fingerprint density at radius 3 is 2.59 bits per heavy atom. The Balaban J connectivity index is 0.00000176. The minimum Gasteiger partial charge on any atom is -0.356 e. The van der Waals surface area contributed by atoms with Crippen LogP contribution in [0.25, 0.3) is 11.1 Å². The number of hydrogen-bond donors (Lipinski definition) is 2. The largest absolute Gasteiger partial charge is 0.356 e. The molecule has 0 saturated carbocycles. The summed E-state index contributed by atoms with van der Waals surface area (Å²) in [6.45, 7) is 2.64. The highest BCUT2D eigenvalue weighted by atomic mass is 127. The van der Waals surface area contributed by atoms with Crippen molar-refractivity contribution < 1.29 is 0 Å². The molecular weight excluding hydrogens is 409 g/mol. The SMILES string of the molecule is Clc1ccc(-c2ccccc2CNC2=NCCCN2)cc1.I. The van der Waals surface area contributed by atoms with Crippen LogP contribution in [0.4, 0.5) is 0 Å². The van der Waals surface area contributed by atoms with E-state index in [0.717, 1.165) is 37.0 Å². The van der Waals surface area contributed by atoms with E-state index in [1.54, 1.807) is 0 Å². The Morgan fingerprint density at radius 2 is 1.86 bits per heavy atom. The highest BCUT2D eigenvalue weighted by Crippen LogP contribution is 2.25. The molecule has 5 heteroatoms. The molecule has 0 atom stereocenters. The van der Waals surface area contributed by atoms with E-state index in [4.69, 9.17) is 11.6 Å². The highest BCUT2D eigenvalue weighted by Gasteiger charge is 2.07. The number of aliphatic imine (C=N–C) groups is 1. The summed E-state index contributed by atoms with van der Waals surface area (Å²) < 4.78 is 0. The molecule has 0 aliphatic carbocycles. The number of benzene rings is 2. The lowest BCUT2D eigenvalue weighted by atomic mass is 10.00. The molecule has 3 rings (SSSR count). The molecule has 2 N–H and O–H groups in total. The fourth-order valence-electron chi connectivity index (χ4n) is 2.42. The molecular formula is C17H19ClIN3. The second kappa shape index (κ2) is 8.39. The standard InChI is InChI=1S/C17H18ClN3.HI/c18-15-8-6-13(7-9-15)16-5-2-1-4-14(16)12-21-17-19-10-3-11-20-17;/h1-2,4-9H,3,10-12H2,(H2,19,20,21);1H. The maximum absolute atomic E-state index is 5.97. The molecule has 2 aromatic rings. The third kappa shape index (κ3) is 4.36. The average molecular weight is 428 g/mol. The minimum atomic E-state index is 0. The molecule has 1 aliphatic heterocycles. The van der Waals surface area contributed by atoms with Gasteiger partial charge in [0.05, 0.1) is 0 Å². The van der Waals surface area contributed by atoms with Gasteiger partial charge < -0.3 is 10.6 Å². The molecule has 0 spiro atoms. The van der Waals surface area contributed by atoms with Crippen LogP contribution in [0.2, 0.25) is 5.02 Å². The molecule has 2 aromatic carbocycles. The van der Waals surface area contributed by atoms with Gasteiger partial charge in [0.25, 0.3) is 0 Å². The Hall–Kier alpha value is -1.27. The van der Waals surface area contributed by atoms with E-state index in [1.165, 1.54) is 16.7 Å². The van der Waals surface area contributed by atoms with Crippen LogP contribution in [0.15, 0.2) is 53.5 Å². The van der Waals surface area contributed by atoms with Crippen molar-refractivity contribution >= 4 is 41.5 Å². The average Bonchev–Trinajstić information content (AvgIpc) is 2.55. The van der Waals surface area contributed by atoms with E-state index in [0.29, 0.717) is 0 Å². The molecule has 3 nitrogen and oxygen atoms in total. The van der Waals surface area contributed by atoms with Crippen LogP contribution in [-0.4, -0.2) is 19.0 Å². The van der Waals surface area contributed by atoms with Gasteiger partial charge in [-0.15, -0.1) is 24.0 Å². The van der Waals surface area contributed by atoms with Gasteiger partial charge in [-0.05, 0) is 35.2 Å². The van der Waals surface area contributed by atoms with Crippen molar-refractivity contribution in [3.63, 3.8) is 0 Å². The Labute approximate surface area is 153 Å². The normalized spacial score (nSPS) is 13.6. The number of rotatable bonds is 3. The first-order valence-electron chi connectivity index (χ1n) is 7.19. The van der Waals surface area contributed by atoms with Crippen molar-refractivity contribution in [1.29, 1.82) is 0 Å².